The summed E-state index contributed by atoms with van der Waals surface area (Å²) >= 11 is 0. The largest absolute Gasteiger partial charge is 0.310 e. The van der Waals surface area contributed by atoms with Crippen molar-refractivity contribution in [1.82, 2.24) is 4.57 Å². The zero-order valence-electron chi connectivity index (χ0n) is 35.5. The molecule has 0 N–H and O–H groups in total. The van der Waals surface area contributed by atoms with Gasteiger partial charge in [-0.1, -0.05) is 179 Å². The molecule has 0 aliphatic heterocycles. The standard InChI is InChI=1S/C60H46N2/c1-59(2)52-21-13-11-19-47(52)49-33-31-45(37-54(49)59)61(43-27-23-41(24-28-43)39-15-7-5-8-16-39)46-32-34-51-56(38-46)62(44-29-25-42(26-30-44)40-17-9-6-10-18-40)55-36-35-50-48-20-12-14-22-53(48)60(3,4)58(50)57(51)55/h5-38H,1-4H3. The highest BCUT2D eigenvalue weighted by Crippen LogP contribution is 2.54. The van der Waals surface area contributed by atoms with Crippen LogP contribution in [0.2, 0.25) is 0 Å². The Labute approximate surface area is 364 Å². The summed E-state index contributed by atoms with van der Waals surface area (Å²) in [6, 6.07) is 76.4. The molecule has 2 heteroatoms. The minimum Gasteiger partial charge on any atom is -0.310 e. The molecule has 0 atom stereocenters. The van der Waals surface area contributed by atoms with Crippen molar-refractivity contribution in [3.8, 4) is 50.2 Å². The molecule has 2 aliphatic carbocycles. The lowest BCUT2D eigenvalue weighted by molar-refractivity contribution is 0.660. The van der Waals surface area contributed by atoms with Gasteiger partial charge in [0.05, 0.1) is 11.0 Å². The van der Waals surface area contributed by atoms with Crippen LogP contribution in [0.15, 0.2) is 206 Å². The van der Waals surface area contributed by atoms with Gasteiger partial charge >= 0.3 is 0 Å². The highest BCUT2D eigenvalue weighted by Gasteiger charge is 2.39. The van der Waals surface area contributed by atoms with Crippen molar-refractivity contribution in [1.29, 1.82) is 0 Å². The SMILES string of the molecule is CC1(C)c2ccccc2-c2ccc(N(c3ccc(-c4ccccc4)cc3)c3ccc4c5c6c(ccc5n(-c5ccc(-c7ccccc7)cc5)c4c3)-c3ccccc3C6(C)C)cc21. The van der Waals surface area contributed by atoms with E-state index in [0.29, 0.717) is 0 Å². The second-order valence-corrected chi connectivity index (χ2v) is 18.2. The molecule has 0 saturated heterocycles. The van der Waals surface area contributed by atoms with E-state index >= 15 is 0 Å². The number of benzene rings is 9. The number of hydrogen-bond donors (Lipinski definition) is 0. The summed E-state index contributed by atoms with van der Waals surface area (Å²) in [5.74, 6) is 0. The third kappa shape index (κ3) is 5.36. The predicted octanol–water partition coefficient (Wildman–Crippen LogP) is 16.2. The fourth-order valence-corrected chi connectivity index (χ4v) is 10.9. The monoisotopic (exact) mass is 794 g/mol. The van der Waals surface area contributed by atoms with E-state index in [4.69, 9.17) is 0 Å². The van der Waals surface area contributed by atoms with Gasteiger partial charge in [-0.2, -0.15) is 0 Å². The summed E-state index contributed by atoms with van der Waals surface area (Å²) in [6.07, 6.45) is 0. The van der Waals surface area contributed by atoms with E-state index in [9.17, 15) is 0 Å². The van der Waals surface area contributed by atoms with Gasteiger partial charge in [-0.3, -0.25) is 0 Å². The van der Waals surface area contributed by atoms with Crippen LogP contribution in [0.25, 0.3) is 72.0 Å². The highest BCUT2D eigenvalue weighted by atomic mass is 15.1. The van der Waals surface area contributed by atoms with E-state index < -0.39 is 0 Å². The first kappa shape index (κ1) is 36.4. The first-order valence-electron chi connectivity index (χ1n) is 21.8. The molecular formula is C60H46N2. The van der Waals surface area contributed by atoms with Crippen molar-refractivity contribution in [3.05, 3.63) is 229 Å². The molecular weight excluding hydrogens is 749 g/mol. The Morgan fingerprint density at radius 2 is 0.839 bits per heavy atom. The van der Waals surface area contributed by atoms with Crippen LogP contribution in [0.5, 0.6) is 0 Å². The third-order valence-electron chi connectivity index (χ3n) is 14.0. The van der Waals surface area contributed by atoms with E-state index in [2.05, 4.69) is 243 Å². The van der Waals surface area contributed by atoms with Crippen molar-refractivity contribution in [2.24, 2.45) is 0 Å². The summed E-state index contributed by atoms with van der Waals surface area (Å²) in [5.41, 5.74) is 22.3. The van der Waals surface area contributed by atoms with Gasteiger partial charge in [-0.05, 0) is 121 Å². The predicted molar refractivity (Wildman–Crippen MR) is 261 cm³/mol. The van der Waals surface area contributed by atoms with Gasteiger partial charge in [0.2, 0.25) is 0 Å². The van der Waals surface area contributed by atoms with E-state index in [1.165, 1.54) is 88.6 Å². The minimum absolute atomic E-state index is 0.127. The Hall–Kier alpha value is -7.42. The molecule has 296 valence electrons. The van der Waals surface area contributed by atoms with Crippen LogP contribution in [0, 0.1) is 0 Å². The lowest BCUT2D eigenvalue weighted by atomic mass is 9.80. The Morgan fingerprint density at radius 1 is 0.355 bits per heavy atom. The maximum absolute atomic E-state index is 2.50. The van der Waals surface area contributed by atoms with Gasteiger partial charge in [0.25, 0.3) is 0 Å². The van der Waals surface area contributed by atoms with E-state index in [1.54, 1.807) is 0 Å². The van der Waals surface area contributed by atoms with E-state index in [0.717, 1.165) is 22.7 Å². The molecule has 0 bridgehead atoms. The molecule has 10 aromatic rings. The molecule has 9 aromatic carbocycles. The zero-order chi connectivity index (χ0) is 41.7. The van der Waals surface area contributed by atoms with Crippen LogP contribution in [0.3, 0.4) is 0 Å². The average Bonchev–Trinajstić information content (AvgIpc) is 3.86. The van der Waals surface area contributed by atoms with Crippen LogP contribution < -0.4 is 4.90 Å². The smallest absolute Gasteiger partial charge is 0.0562 e. The average molecular weight is 795 g/mol. The van der Waals surface area contributed by atoms with E-state index in [-0.39, 0.29) is 10.8 Å². The van der Waals surface area contributed by atoms with Gasteiger partial charge in [-0.15, -0.1) is 0 Å². The van der Waals surface area contributed by atoms with Crippen molar-refractivity contribution >= 4 is 38.9 Å². The molecule has 1 heterocycles. The first-order valence-corrected chi connectivity index (χ1v) is 21.8. The summed E-state index contributed by atoms with van der Waals surface area (Å²) in [6.45, 7) is 9.54. The fraction of sp³-hybridized carbons (Fsp3) is 0.100. The quantitative estimate of drug-likeness (QED) is 0.163. The maximum Gasteiger partial charge on any atom is 0.0562 e. The Kier molecular flexibility index (Phi) is 7.96. The second kappa shape index (κ2) is 13.5. The highest BCUT2D eigenvalue weighted by molar-refractivity contribution is 6.15. The van der Waals surface area contributed by atoms with Gasteiger partial charge in [0.1, 0.15) is 0 Å². The van der Waals surface area contributed by atoms with Crippen molar-refractivity contribution in [3.63, 3.8) is 0 Å². The van der Waals surface area contributed by atoms with Gasteiger partial charge in [-0.25, -0.2) is 0 Å². The minimum atomic E-state index is -0.165. The molecule has 0 amide bonds. The van der Waals surface area contributed by atoms with Gasteiger partial charge in [0, 0.05) is 44.4 Å². The fourth-order valence-electron chi connectivity index (χ4n) is 10.9. The number of nitrogens with zero attached hydrogens (tertiary/aromatic N) is 2. The summed E-state index contributed by atoms with van der Waals surface area (Å²) in [7, 11) is 0. The first-order chi connectivity index (χ1) is 30.3. The molecule has 0 saturated carbocycles. The summed E-state index contributed by atoms with van der Waals surface area (Å²) in [5, 5.41) is 2.59. The molecule has 62 heavy (non-hydrogen) atoms. The third-order valence-corrected chi connectivity index (χ3v) is 14.0. The number of aromatic nitrogens is 1. The van der Waals surface area contributed by atoms with Crippen LogP contribution in [0.1, 0.15) is 49.9 Å². The number of anilines is 3. The summed E-state index contributed by atoms with van der Waals surface area (Å²) in [4.78, 5) is 2.46. The molecule has 2 nitrogen and oxygen atoms in total. The van der Waals surface area contributed by atoms with Crippen LogP contribution in [-0.4, -0.2) is 4.57 Å². The molecule has 0 radical (unpaired) electrons. The summed E-state index contributed by atoms with van der Waals surface area (Å²) < 4.78 is 2.50. The number of rotatable bonds is 6. The van der Waals surface area contributed by atoms with Crippen LogP contribution in [-0.2, 0) is 10.8 Å². The Balaban J connectivity index is 1.10. The maximum atomic E-state index is 2.50. The number of hydrogen-bond acceptors (Lipinski definition) is 1. The molecule has 12 rings (SSSR count). The molecule has 0 unspecified atom stereocenters. The molecule has 1 aromatic heterocycles. The number of fused-ring (bicyclic) bond motifs is 10. The van der Waals surface area contributed by atoms with Crippen LogP contribution >= 0.6 is 0 Å². The Morgan fingerprint density at radius 3 is 1.50 bits per heavy atom. The lowest BCUT2D eigenvalue weighted by Crippen LogP contribution is -2.16. The molecule has 0 spiro atoms. The van der Waals surface area contributed by atoms with Gasteiger partial charge in [0.15, 0.2) is 0 Å². The normalized spacial score (nSPS) is 14.1. The van der Waals surface area contributed by atoms with Crippen molar-refractivity contribution in [2.75, 3.05) is 4.90 Å². The second-order valence-electron chi connectivity index (χ2n) is 18.2. The lowest BCUT2D eigenvalue weighted by Gasteiger charge is -2.28. The van der Waals surface area contributed by atoms with Crippen molar-refractivity contribution < 1.29 is 0 Å². The molecule has 2 aliphatic rings. The molecule has 0 fully saturated rings. The van der Waals surface area contributed by atoms with E-state index in [1.807, 2.05) is 0 Å². The Bertz CT molecular complexity index is 3370. The van der Waals surface area contributed by atoms with Crippen molar-refractivity contribution in [2.45, 2.75) is 38.5 Å². The zero-order valence-corrected chi connectivity index (χ0v) is 35.5. The van der Waals surface area contributed by atoms with Gasteiger partial charge < -0.3 is 9.47 Å². The van der Waals surface area contributed by atoms with Crippen LogP contribution in [0.4, 0.5) is 17.1 Å². The topological polar surface area (TPSA) is 8.17 Å².